The average molecular weight is 401 g/mol. The fourth-order valence-corrected chi connectivity index (χ4v) is 4.31. The molecule has 3 nitrogen and oxygen atoms in total. The second-order valence-electron chi connectivity index (χ2n) is 8.52. The van der Waals surface area contributed by atoms with Gasteiger partial charge in [0.25, 0.3) is 0 Å². The highest BCUT2D eigenvalue weighted by Gasteiger charge is 2.35. The van der Waals surface area contributed by atoms with E-state index < -0.39 is 0 Å². The number of benzene rings is 2. The first-order valence-corrected chi connectivity index (χ1v) is 10.3. The quantitative estimate of drug-likeness (QED) is 0.673. The lowest BCUT2D eigenvalue weighted by molar-refractivity contribution is -0.130. The third kappa shape index (κ3) is 5.63. The third-order valence-electron chi connectivity index (χ3n) is 5.63. The van der Waals surface area contributed by atoms with Crippen LogP contribution in [0.5, 0.6) is 0 Å². The fourth-order valence-electron chi connectivity index (χ4n) is 4.31. The average Bonchev–Trinajstić information content (AvgIpc) is 3.05. The van der Waals surface area contributed by atoms with Crippen LogP contribution in [0.15, 0.2) is 48.5 Å². The van der Waals surface area contributed by atoms with Gasteiger partial charge >= 0.3 is 0 Å². The largest absolute Gasteiger partial charge is 0.342 e. The van der Waals surface area contributed by atoms with Crippen molar-refractivity contribution < 1.29 is 13.6 Å². The molecule has 156 valence electrons. The number of amides is 1. The summed E-state index contributed by atoms with van der Waals surface area (Å²) >= 11 is 0. The summed E-state index contributed by atoms with van der Waals surface area (Å²) in [6.07, 6.45) is 0. The van der Waals surface area contributed by atoms with Crippen LogP contribution in [0.3, 0.4) is 0 Å². The Kier molecular flexibility index (Phi) is 7.01. The number of nitrogens with zero attached hydrogens (tertiary/aromatic N) is 2. The monoisotopic (exact) mass is 400 g/mol. The lowest BCUT2D eigenvalue weighted by atomic mass is 9.88. The summed E-state index contributed by atoms with van der Waals surface area (Å²) in [6, 6.07) is 13.5. The Hall–Kier alpha value is -2.27. The molecule has 1 fully saturated rings. The number of hydrogen-bond acceptors (Lipinski definition) is 2. The zero-order valence-electron chi connectivity index (χ0n) is 17.4. The maximum Gasteiger partial charge on any atom is 0.219 e. The summed E-state index contributed by atoms with van der Waals surface area (Å²) in [4.78, 5) is 16.3. The summed E-state index contributed by atoms with van der Waals surface area (Å²) in [6.45, 7) is 9.11. The molecule has 2 atom stereocenters. The zero-order chi connectivity index (χ0) is 21.0. The van der Waals surface area contributed by atoms with E-state index in [1.165, 1.54) is 12.1 Å². The van der Waals surface area contributed by atoms with E-state index in [1.54, 1.807) is 31.2 Å². The van der Waals surface area contributed by atoms with Gasteiger partial charge in [-0.25, -0.2) is 8.78 Å². The number of hydrogen-bond donors (Lipinski definition) is 0. The van der Waals surface area contributed by atoms with Crippen LogP contribution in [0.2, 0.25) is 0 Å². The number of halogens is 2. The molecule has 1 heterocycles. The van der Waals surface area contributed by atoms with Crippen molar-refractivity contribution in [3.63, 3.8) is 0 Å². The van der Waals surface area contributed by atoms with Crippen LogP contribution in [0, 0.1) is 23.5 Å². The number of likely N-dealkylation sites (tertiary alicyclic amines) is 1. The van der Waals surface area contributed by atoms with Crippen LogP contribution in [0.1, 0.15) is 37.8 Å². The highest BCUT2D eigenvalue weighted by molar-refractivity contribution is 5.73. The molecule has 1 amide bonds. The van der Waals surface area contributed by atoms with Gasteiger partial charge in [-0.2, -0.15) is 0 Å². The van der Waals surface area contributed by atoms with E-state index in [0.717, 1.165) is 18.7 Å². The summed E-state index contributed by atoms with van der Waals surface area (Å²) in [5.41, 5.74) is 1.61. The Morgan fingerprint density at radius 3 is 2.55 bits per heavy atom. The molecule has 0 radical (unpaired) electrons. The van der Waals surface area contributed by atoms with E-state index in [4.69, 9.17) is 0 Å². The van der Waals surface area contributed by atoms with Gasteiger partial charge in [-0.3, -0.25) is 9.69 Å². The van der Waals surface area contributed by atoms with E-state index in [0.29, 0.717) is 31.1 Å². The van der Waals surface area contributed by atoms with Crippen LogP contribution < -0.4 is 0 Å². The maximum absolute atomic E-state index is 14.1. The molecule has 2 unspecified atom stereocenters. The summed E-state index contributed by atoms with van der Waals surface area (Å²) < 4.78 is 28.0. The predicted octanol–water partition coefficient (Wildman–Crippen LogP) is 4.68. The summed E-state index contributed by atoms with van der Waals surface area (Å²) in [7, 11) is 0. The fraction of sp³-hybridized carbons (Fsp3) is 0.458. The number of rotatable bonds is 7. The van der Waals surface area contributed by atoms with Gasteiger partial charge in [0.1, 0.15) is 11.6 Å². The van der Waals surface area contributed by atoms with Crippen LogP contribution >= 0.6 is 0 Å². The first-order valence-electron chi connectivity index (χ1n) is 10.3. The van der Waals surface area contributed by atoms with Gasteiger partial charge in [-0.05, 0) is 35.6 Å². The SMILES string of the molecule is CC(=O)N(CC(C)C)CC1CN(Cc2ccccc2F)CC1c1cccc(F)c1. The molecule has 0 spiro atoms. The predicted molar refractivity (Wildman–Crippen MR) is 111 cm³/mol. The van der Waals surface area contributed by atoms with Crippen molar-refractivity contribution in [3.05, 3.63) is 71.3 Å². The van der Waals surface area contributed by atoms with Crippen LogP contribution in [0.4, 0.5) is 8.78 Å². The van der Waals surface area contributed by atoms with Crippen molar-refractivity contribution in [2.24, 2.45) is 11.8 Å². The minimum atomic E-state index is -0.251. The highest BCUT2D eigenvalue weighted by Crippen LogP contribution is 2.34. The molecule has 3 rings (SSSR count). The number of carbonyl (C=O) groups excluding carboxylic acids is 1. The van der Waals surface area contributed by atoms with E-state index in [2.05, 4.69) is 18.7 Å². The zero-order valence-corrected chi connectivity index (χ0v) is 17.4. The molecule has 29 heavy (non-hydrogen) atoms. The van der Waals surface area contributed by atoms with Gasteiger partial charge in [0.15, 0.2) is 0 Å². The molecule has 2 aromatic carbocycles. The molecule has 0 aliphatic carbocycles. The van der Waals surface area contributed by atoms with Crippen molar-refractivity contribution >= 4 is 5.91 Å². The van der Waals surface area contributed by atoms with Crippen molar-refractivity contribution in [2.45, 2.75) is 33.2 Å². The second-order valence-corrected chi connectivity index (χ2v) is 8.52. The third-order valence-corrected chi connectivity index (χ3v) is 5.63. The summed E-state index contributed by atoms with van der Waals surface area (Å²) in [5, 5.41) is 0. The molecule has 1 saturated heterocycles. The van der Waals surface area contributed by atoms with E-state index >= 15 is 0 Å². The molecular weight excluding hydrogens is 370 g/mol. The van der Waals surface area contributed by atoms with Crippen LogP contribution in [0.25, 0.3) is 0 Å². The minimum absolute atomic E-state index is 0.0595. The van der Waals surface area contributed by atoms with Gasteiger partial charge in [0.2, 0.25) is 5.91 Å². The Labute approximate surface area is 172 Å². The topological polar surface area (TPSA) is 23.6 Å². The molecule has 2 aromatic rings. The smallest absolute Gasteiger partial charge is 0.219 e. The van der Waals surface area contributed by atoms with Crippen LogP contribution in [-0.2, 0) is 11.3 Å². The van der Waals surface area contributed by atoms with E-state index in [9.17, 15) is 13.6 Å². The van der Waals surface area contributed by atoms with Gasteiger partial charge < -0.3 is 4.90 Å². The van der Waals surface area contributed by atoms with Crippen LogP contribution in [-0.4, -0.2) is 41.9 Å². The van der Waals surface area contributed by atoms with Gasteiger partial charge in [0, 0.05) is 51.1 Å². The number of carbonyl (C=O) groups is 1. The first kappa shape index (κ1) is 21.4. The normalized spacial score (nSPS) is 19.7. The Balaban J connectivity index is 1.82. The van der Waals surface area contributed by atoms with E-state index in [1.807, 2.05) is 17.0 Å². The van der Waals surface area contributed by atoms with Crippen molar-refractivity contribution in [1.29, 1.82) is 0 Å². The molecule has 0 saturated carbocycles. The van der Waals surface area contributed by atoms with Gasteiger partial charge in [-0.1, -0.05) is 44.2 Å². The molecule has 5 heteroatoms. The second kappa shape index (κ2) is 9.49. The van der Waals surface area contributed by atoms with E-state index in [-0.39, 0.29) is 29.4 Å². The molecule has 0 N–H and O–H groups in total. The minimum Gasteiger partial charge on any atom is -0.342 e. The standard InChI is InChI=1S/C24H30F2N2O/c1-17(2)12-28(18(3)29)15-21-14-27(13-20-7-4-5-10-24(20)26)16-23(21)19-8-6-9-22(25)11-19/h4-11,17,21,23H,12-16H2,1-3H3. The molecule has 0 bridgehead atoms. The Morgan fingerprint density at radius 2 is 1.90 bits per heavy atom. The van der Waals surface area contributed by atoms with Crippen molar-refractivity contribution in [2.75, 3.05) is 26.2 Å². The van der Waals surface area contributed by atoms with Gasteiger partial charge in [0.05, 0.1) is 0 Å². The summed E-state index contributed by atoms with van der Waals surface area (Å²) in [5.74, 6) is 0.257. The lowest BCUT2D eigenvalue weighted by Gasteiger charge is -2.29. The van der Waals surface area contributed by atoms with Crippen molar-refractivity contribution in [3.8, 4) is 0 Å². The first-order chi connectivity index (χ1) is 13.8. The maximum atomic E-state index is 14.1. The Bertz CT molecular complexity index is 839. The lowest BCUT2D eigenvalue weighted by Crippen LogP contribution is -2.38. The molecular formula is C24H30F2N2O. The van der Waals surface area contributed by atoms with Gasteiger partial charge in [-0.15, -0.1) is 0 Å². The highest BCUT2D eigenvalue weighted by atomic mass is 19.1. The Morgan fingerprint density at radius 1 is 1.14 bits per heavy atom. The molecule has 0 aromatic heterocycles. The van der Waals surface area contributed by atoms with Crippen molar-refractivity contribution in [1.82, 2.24) is 9.80 Å². The molecule has 1 aliphatic rings. The molecule has 1 aliphatic heterocycles.